The molecule has 0 atom stereocenters. The number of rotatable bonds is 4. The zero-order valence-corrected chi connectivity index (χ0v) is 10.4. The molecule has 0 aliphatic carbocycles. The molecule has 0 bridgehead atoms. The van der Waals surface area contributed by atoms with Gasteiger partial charge in [-0.1, -0.05) is 6.92 Å². The van der Waals surface area contributed by atoms with E-state index in [0.29, 0.717) is 12.2 Å². The van der Waals surface area contributed by atoms with E-state index < -0.39 is 0 Å². The average molecular weight is 245 g/mol. The summed E-state index contributed by atoms with van der Waals surface area (Å²) < 4.78 is 10.6. The molecule has 1 amide bonds. The van der Waals surface area contributed by atoms with Crippen LogP contribution in [0, 0.1) is 0 Å². The van der Waals surface area contributed by atoms with Crippen molar-refractivity contribution < 1.29 is 13.9 Å². The zero-order chi connectivity index (χ0) is 13.0. The third kappa shape index (κ3) is 2.53. The number of carbonyl (C=O) groups excluding carboxylic acids is 1. The first-order valence-corrected chi connectivity index (χ1v) is 5.76. The summed E-state index contributed by atoms with van der Waals surface area (Å²) in [4.78, 5) is 11.5. The number of carbonyl (C=O) groups is 1. The Morgan fingerprint density at radius 1 is 1.39 bits per heavy atom. The summed E-state index contributed by atoms with van der Waals surface area (Å²) in [6.45, 7) is 1.81. The van der Waals surface area contributed by atoms with Gasteiger partial charge in [-0.15, -0.1) is 0 Å². The molecular weight excluding hydrogens is 230 g/mol. The van der Waals surface area contributed by atoms with Crippen molar-refractivity contribution in [2.24, 2.45) is 0 Å². The molecule has 94 valence electrons. The fourth-order valence-corrected chi connectivity index (χ4v) is 1.63. The highest BCUT2D eigenvalue weighted by atomic mass is 16.5. The van der Waals surface area contributed by atoms with Crippen LogP contribution in [0.1, 0.15) is 13.3 Å². The highest BCUT2D eigenvalue weighted by molar-refractivity contribution is 5.95. The average Bonchev–Trinajstić information content (AvgIpc) is 2.92. The first kappa shape index (κ1) is 12.2. The molecule has 4 heteroatoms. The van der Waals surface area contributed by atoms with Crippen LogP contribution in [0.25, 0.3) is 11.3 Å². The predicted octanol–water partition coefficient (Wildman–Crippen LogP) is 3.30. The quantitative estimate of drug-likeness (QED) is 0.899. The molecular formula is C14H15NO3. The first-order chi connectivity index (χ1) is 8.74. The highest BCUT2D eigenvalue weighted by Crippen LogP contribution is 2.32. The fourth-order valence-electron chi connectivity index (χ4n) is 1.63. The summed E-state index contributed by atoms with van der Waals surface area (Å²) in [6.07, 6.45) is 2.03. The highest BCUT2D eigenvalue weighted by Gasteiger charge is 2.11. The van der Waals surface area contributed by atoms with Crippen LogP contribution in [-0.4, -0.2) is 13.0 Å². The second-order valence-electron chi connectivity index (χ2n) is 3.79. The van der Waals surface area contributed by atoms with Gasteiger partial charge in [0.2, 0.25) is 5.91 Å². The van der Waals surface area contributed by atoms with Gasteiger partial charge in [0.1, 0.15) is 11.5 Å². The molecule has 2 rings (SSSR count). The van der Waals surface area contributed by atoms with Crippen LogP contribution >= 0.6 is 0 Å². The van der Waals surface area contributed by atoms with E-state index in [2.05, 4.69) is 5.32 Å². The molecule has 1 N–H and O–H groups in total. The number of methoxy groups -OCH3 is 1. The third-order valence-corrected chi connectivity index (χ3v) is 2.61. The second kappa shape index (κ2) is 5.40. The van der Waals surface area contributed by atoms with E-state index in [0.717, 1.165) is 17.0 Å². The topological polar surface area (TPSA) is 51.5 Å². The summed E-state index contributed by atoms with van der Waals surface area (Å²) >= 11 is 0. The lowest BCUT2D eigenvalue weighted by Crippen LogP contribution is -2.10. The van der Waals surface area contributed by atoms with Crippen molar-refractivity contribution in [3.63, 3.8) is 0 Å². The first-order valence-electron chi connectivity index (χ1n) is 5.76. The molecule has 0 radical (unpaired) electrons. The second-order valence-corrected chi connectivity index (χ2v) is 3.79. The van der Waals surface area contributed by atoms with Crippen LogP contribution in [0.2, 0.25) is 0 Å². The minimum absolute atomic E-state index is 0.0343. The van der Waals surface area contributed by atoms with Crippen LogP contribution < -0.4 is 10.1 Å². The maximum atomic E-state index is 11.5. The van der Waals surface area contributed by atoms with Crippen LogP contribution in [0.3, 0.4) is 0 Å². The summed E-state index contributed by atoms with van der Waals surface area (Å²) in [7, 11) is 1.60. The Morgan fingerprint density at radius 3 is 2.83 bits per heavy atom. The molecule has 0 unspecified atom stereocenters. The van der Waals surface area contributed by atoms with Gasteiger partial charge in [0, 0.05) is 12.0 Å². The van der Waals surface area contributed by atoms with Crippen molar-refractivity contribution in [3.05, 3.63) is 36.6 Å². The van der Waals surface area contributed by atoms with E-state index in [1.54, 1.807) is 25.5 Å². The van der Waals surface area contributed by atoms with Crippen molar-refractivity contribution in [1.29, 1.82) is 0 Å². The van der Waals surface area contributed by atoms with Gasteiger partial charge in [0.25, 0.3) is 0 Å². The van der Waals surface area contributed by atoms with Gasteiger partial charge in [0.15, 0.2) is 0 Å². The minimum atomic E-state index is -0.0343. The Bertz CT molecular complexity index is 532. The number of furan rings is 1. The van der Waals surface area contributed by atoms with E-state index in [4.69, 9.17) is 9.15 Å². The van der Waals surface area contributed by atoms with Gasteiger partial charge in [-0.05, 0) is 30.3 Å². The Hall–Kier alpha value is -2.23. The predicted molar refractivity (Wildman–Crippen MR) is 69.6 cm³/mol. The van der Waals surface area contributed by atoms with E-state index in [9.17, 15) is 4.79 Å². The summed E-state index contributed by atoms with van der Waals surface area (Å²) in [5.74, 6) is 1.38. The van der Waals surface area contributed by atoms with Crippen molar-refractivity contribution >= 4 is 11.6 Å². The number of anilines is 1. The van der Waals surface area contributed by atoms with Crippen molar-refractivity contribution in [3.8, 4) is 17.1 Å². The maximum absolute atomic E-state index is 11.5. The van der Waals surface area contributed by atoms with Gasteiger partial charge in [-0.2, -0.15) is 0 Å². The Balaban J connectivity index is 2.42. The molecule has 1 aromatic heterocycles. The molecule has 0 saturated heterocycles. The molecule has 0 saturated carbocycles. The van der Waals surface area contributed by atoms with Gasteiger partial charge >= 0.3 is 0 Å². The van der Waals surface area contributed by atoms with Crippen molar-refractivity contribution in [2.45, 2.75) is 13.3 Å². The lowest BCUT2D eigenvalue weighted by atomic mass is 10.1. The molecule has 0 aliphatic rings. The Morgan fingerprint density at radius 2 is 2.22 bits per heavy atom. The number of nitrogens with one attached hydrogen (secondary N) is 1. The molecule has 4 nitrogen and oxygen atoms in total. The number of amides is 1. The Labute approximate surface area is 106 Å². The van der Waals surface area contributed by atoms with E-state index in [1.165, 1.54) is 0 Å². The normalized spacial score (nSPS) is 10.1. The molecule has 0 fully saturated rings. The van der Waals surface area contributed by atoms with Gasteiger partial charge in [-0.3, -0.25) is 4.79 Å². The monoisotopic (exact) mass is 245 g/mol. The van der Waals surface area contributed by atoms with Crippen LogP contribution in [0.4, 0.5) is 5.69 Å². The van der Waals surface area contributed by atoms with Crippen LogP contribution in [0.5, 0.6) is 5.75 Å². The SMILES string of the molecule is CCC(=O)Nc1ccc(OC)cc1-c1ccco1. The van der Waals surface area contributed by atoms with E-state index in [-0.39, 0.29) is 5.91 Å². The number of ether oxygens (including phenoxy) is 1. The minimum Gasteiger partial charge on any atom is -0.497 e. The number of hydrogen-bond acceptors (Lipinski definition) is 3. The largest absolute Gasteiger partial charge is 0.497 e. The molecule has 0 spiro atoms. The third-order valence-electron chi connectivity index (χ3n) is 2.61. The van der Waals surface area contributed by atoms with Gasteiger partial charge < -0.3 is 14.5 Å². The smallest absolute Gasteiger partial charge is 0.224 e. The summed E-state index contributed by atoms with van der Waals surface area (Å²) in [5.41, 5.74) is 1.53. The van der Waals surface area contributed by atoms with Crippen molar-refractivity contribution in [2.75, 3.05) is 12.4 Å². The lowest BCUT2D eigenvalue weighted by molar-refractivity contribution is -0.115. The van der Waals surface area contributed by atoms with E-state index >= 15 is 0 Å². The van der Waals surface area contributed by atoms with Gasteiger partial charge in [-0.25, -0.2) is 0 Å². The molecule has 1 heterocycles. The van der Waals surface area contributed by atoms with E-state index in [1.807, 2.05) is 25.1 Å². The molecule has 18 heavy (non-hydrogen) atoms. The zero-order valence-electron chi connectivity index (χ0n) is 10.4. The number of hydrogen-bond donors (Lipinski definition) is 1. The Kier molecular flexibility index (Phi) is 3.67. The van der Waals surface area contributed by atoms with Crippen LogP contribution in [0.15, 0.2) is 41.0 Å². The number of benzene rings is 1. The summed E-state index contributed by atoms with van der Waals surface area (Å²) in [6, 6.07) is 9.10. The van der Waals surface area contributed by atoms with Crippen LogP contribution in [-0.2, 0) is 4.79 Å². The molecule has 1 aromatic carbocycles. The standard InChI is InChI=1S/C14H15NO3/c1-3-14(16)15-12-7-6-10(17-2)9-11(12)13-5-4-8-18-13/h4-9H,3H2,1-2H3,(H,15,16). The fraction of sp³-hybridized carbons (Fsp3) is 0.214. The van der Waals surface area contributed by atoms with Crippen molar-refractivity contribution in [1.82, 2.24) is 0 Å². The summed E-state index contributed by atoms with van der Waals surface area (Å²) in [5, 5.41) is 2.85. The molecule has 2 aromatic rings. The van der Waals surface area contributed by atoms with Gasteiger partial charge in [0.05, 0.1) is 19.1 Å². The molecule has 0 aliphatic heterocycles. The lowest BCUT2D eigenvalue weighted by Gasteiger charge is -2.10. The maximum Gasteiger partial charge on any atom is 0.224 e.